The zero-order valence-corrected chi connectivity index (χ0v) is 16.1. The van der Waals surface area contributed by atoms with Crippen molar-refractivity contribution in [2.24, 2.45) is 0 Å². The maximum absolute atomic E-state index is 13.7. The summed E-state index contributed by atoms with van der Waals surface area (Å²) in [6, 6.07) is 21.8. The summed E-state index contributed by atoms with van der Waals surface area (Å²) in [5.74, 6) is 0.601. The van der Waals surface area contributed by atoms with Gasteiger partial charge in [0.1, 0.15) is 17.3 Å². The smallest absolute Gasteiger partial charge is 0.320 e. The number of hydrogen-bond acceptors (Lipinski definition) is 3. The van der Waals surface area contributed by atoms with Crippen LogP contribution in [0.4, 0.5) is 8.78 Å². The number of rotatable bonds is 6. The van der Waals surface area contributed by atoms with E-state index < -0.39 is 18.5 Å². The molecule has 4 rings (SSSR count). The SMILES string of the molecule is CC(NC(=O)c1ccccc1Oc1ccccc1)c1nc2ccccc2n1C(F)F. The summed E-state index contributed by atoms with van der Waals surface area (Å²) in [5, 5.41) is 2.76. The number of aromatic nitrogens is 2. The Hall–Kier alpha value is -3.74. The van der Waals surface area contributed by atoms with Gasteiger partial charge in [-0.2, -0.15) is 8.78 Å². The summed E-state index contributed by atoms with van der Waals surface area (Å²) in [7, 11) is 0. The van der Waals surface area contributed by atoms with Crippen LogP contribution >= 0.6 is 0 Å². The highest BCUT2D eigenvalue weighted by Crippen LogP contribution is 2.28. The normalized spacial score (nSPS) is 12.1. The number of imidazole rings is 1. The number of carbonyl (C=O) groups excluding carboxylic acids is 1. The standard InChI is InChI=1S/C23H19F2N3O2/c1-15(21-27-18-12-6-7-13-19(18)28(21)23(24)25)26-22(29)17-11-5-8-14-20(17)30-16-9-3-2-4-10-16/h2-15,23H,1H3,(H,26,29). The Balaban J connectivity index is 1.61. The van der Waals surface area contributed by atoms with Crippen molar-refractivity contribution in [3.63, 3.8) is 0 Å². The van der Waals surface area contributed by atoms with Gasteiger partial charge in [0.2, 0.25) is 0 Å². The molecule has 0 bridgehead atoms. The maximum Gasteiger partial charge on any atom is 0.320 e. The molecule has 1 aromatic heterocycles. The van der Waals surface area contributed by atoms with Gasteiger partial charge < -0.3 is 10.1 Å². The van der Waals surface area contributed by atoms with Gasteiger partial charge in [-0.05, 0) is 43.3 Å². The monoisotopic (exact) mass is 407 g/mol. The van der Waals surface area contributed by atoms with Gasteiger partial charge in [0.05, 0.1) is 22.6 Å². The third-order valence-electron chi connectivity index (χ3n) is 4.66. The molecule has 0 aliphatic carbocycles. The summed E-state index contributed by atoms with van der Waals surface area (Å²) in [6.45, 7) is -1.15. The van der Waals surface area contributed by atoms with E-state index in [2.05, 4.69) is 10.3 Å². The first-order valence-electron chi connectivity index (χ1n) is 9.42. The second kappa shape index (κ2) is 8.32. The van der Waals surface area contributed by atoms with Crippen LogP contribution in [0.15, 0.2) is 78.9 Å². The number of hydrogen-bond donors (Lipinski definition) is 1. The van der Waals surface area contributed by atoms with Crippen molar-refractivity contribution in [3.8, 4) is 11.5 Å². The van der Waals surface area contributed by atoms with Crippen molar-refractivity contribution in [1.29, 1.82) is 0 Å². The molecule has 0 spiro atoms. The Labute approximate surface area is 171 Å². The van der Waals surface area contributed by atoms with E-state index in [-0.39, 0.29) is 5.82 Å². The number of para-hydroxylation sites is 4. The summed E-state index contributed by atoms with van der Waals surface area (Å²) >= 11 is 0. The summed E-state index contributed by atoms with van der Waals surface area (Å²) in [6.07, 6.45) is 0. The minimum atomic E-state index is -2.78. The molecule has 1 heterocycles. The lowest BCUT2D eigenvalue weighted by Crippen LogP contribution is -2.29. The van der Waals surface area contributed by atoms with Gasteiger partial charge in [-0.25, -0.2) is 4.98 Å². The molecule has 7 heteroatoms. The Bertz CT molecular complexity index is 1180. The van der Waals surface area contributed by atoms with Crippen LogP contribution in [-0.4, -0.2) is 15.5 Å². The van der Waals surface area contributed by atoms with Crippen LogP contribution in [0.2, 0.25) is 0 Å². The number of alkyl halides is 2. The van der Waals surface area contributed by atoms with Crippen LogP contribution in [0.1, 0.15) is 35.7 Å². The minimum absolute atomic E-state index is 0.0843. The lowest BCUT2D eigenvalue weighted by atomic mass is 10.1. The average Bonchev–Trinajstić information content (AvgIpc) is 3.15. The molecule has 4 aromatic rings. The van der Waals surface area contributed by atoms with Crippen LogP contribution in [0.25, 0.3) is 11.0 Å². The first-order chi connectivity index (χ1) is 14.5. The first-order valence-corrected chi connectivity index (χ1v) is 9.42. The molecule has 0 radical (unpaired) electrons. The second-order valence-electron chi connectivity index (χ2n) is 6.71. The van der Waals surface area contributed by atoms with Crippen molar-refractivity contribution >= 4 is 16.9 Å². The highest BCUT2D eigenvalue weighted by Gasteiger charge is 2.24. The molecule has 152 valence electrons. The Morgan fingerprint density at radius 2 is 1.63 bits per heavy atom. The molecule has 1 amide bonds. The van der Waals surface area contributed by atoms with Crippen molar-refractivity contribution < 1.29 is 18.3 Å². The zero-order valence-electron chi connectivity index (χ0n) is 16.1. The van der Waals surface area contributed by atoms with E-state index in [1.165, 1.54) is 0 Å². The van der Waals surface area contributed by atoms with Gasteiger partial charge >= 0.3 is 6.55 Å². The number of ether oxygens (including phenoxy) is 1. The van der Waals surface area contributed by atoms with E-state index in [4.69, 9.17) is 4.74 Å². The van der Waals surface area contributed by atoms with Crippen molar-refractivity contribution in [3.05, 3.63) is 90.3 Å². The van der Waals surface area contributed by atoms with Crippen molar-refractivity contribution in [2.45, 2.75) is 19.5 Å². The lowest BCUT2D eigenvalue weighted by Gasteiger charge is -2.17. The van der Waals surface area contributed by atoms with E-state index in [1.54, 1.807) is 67.6 Å². The van der Waals surface area contributed by atoms with Crippen LogP contribution in [0.5, 0.6) is 11.5 Å². The number of carbonyl (C=O) groups is 1. The molecule has 1 N–H and O–H groups in total. The van der Waals surface area contributed by atoms with Crippen molar-refractivity contribution in [1.82, 2.24) is 14.9 Å². The summed E-state index contributed by atoms with van der Waals surface area (Å²) in [5.41, 5.74) is 1.06. The predicted octanol–water partition coefficient (Wildman–Crippen LogP) is 5.71. The van der Waals surface area contributed by atoms with Gasteiger partial charge in [-0.15, -0.1) is 0 Å². The Morgan fingerprint density at radius 1 is 0.967 bits per heavy atom. The average molecular weight is 407 g/mol. The lowest BCUT2D eigenvalue weighted by molar-refractivity contribution is 0.0687. The largest absolute Gasteiger partial charge is 0.457 e. The number of nitrogens with zero attached hydrogens (tertiary/aromatic N) is 2. The first kappa shape index (κ1) is 19.6. The quantitative estimate of drug-likeness (QED) is 0.445. The van der Waals surface area contributed by atoms with Gasteiger partial charge in [-0.3, -0.25) is 9.36 Å². The van der Waals surface area contributed by atoms with Crippen LogP contribution in [0, 0.1) is 0 Å². The number of amides is 1. The maximum atomic E-state index is 13.7. The number of fused-ring (bicyclic) bond motifs is 1. The molecular weight excluding hydrogens is 388 g/mol. The van der Waals surface area contributed by atoms with Crippen molar-refractivity contribution in [2.75, 3.05) is 0 Å². The van der Waals surface area contributed by atoms with E-state index >= 15 is 0 Å². The topological polar surface area (TPSA) is 56.1 Å². The molecule has 30 heavy (non-hydrogen) atoms. The minimum Gasteiger partial charge on any atom is -0.457 e. The highest BCUT2D eigenvalue weighted by atomic mass is 19.3. The molecule has 0 fully saturated rings. The second-order valence-corrected chi connectivity index (χ2v) is 6.71. The molecular formula is C23H19F2N3O2. The van der Waals surface area contributed by atoms with E-state index in [0.29, 0.717) is 28.1 Å². The zero-order chi connectivity index (χ0) is 21.1. The highest BCUT2D eigenvalue weighted by molar-refractivity contribution is 5.97. The van der Waals surface area contributed by atoms with Crippen LogP contribution in [-0.2, 0) is 0 Å². The van der Waals surface area contributed by atoms with Crippen LogP contribution in [0.3, 0.4) is 0 Å². The van der Waals surface area contributed by atoms with E-state index in [1.807, 2.05) is 18.2 Å². The van der Waals surface area contributed by atoms with Gasteiger partial charge in [0, 0.05) is 0 Å². The third kappa shape index (κ3) is 3.87. The Kier molecular flexibility index (Phi) is 5.43. The van der Waals surface area contributed by atoms with Gasteiger partial charge in [0.25, 0.3) is 5.91 Å². The molecule has 0 saturated heterocycles. The molecule has 5 nitrogen and oxygen atoms in total. The summed E-state index contributed by atoms with van der Waals surface area (Å²) < 4.78 is 34.1. The van der Waals surface area contributed by atoms with Gasteiger partial charge in [-0.1, -0.05) is 42.5 Å². The third-order valence-corrected chi connectivity index (χ3v) is 4.66. The predicted molar refractivity (Wildman–Crippen MR) is 110 cm³/mol. The summed E-state index contributed by atoms with van der Waals surface area (Å²) in [4.78, 5) is 17.2. The molecule has 0 saturated carbocycles. The fraction of sp³-hybridized carbons (Fsp3) is 0.130. The molecule has 3 aromatic carbocycles. The molecule has 0 aliphatic rings. The molecule has 0 aliphatic heterocycles. The Morgan fingerprint density at radius 3 is 2.40 bits per heavy atom. The molecule has 1 unspecified atom stereocenters. The number of halogens is 2. The fourth-order valence-electron chi connectivity index (χ4n) is 3.27. The van der Waals surface area contributed by atoms with E-state index in [0.717, 1.165) is 4.57 Å². The van der Waals surface area contributed by atoms with Gasteiger partial charge in [0.15, 0.2) is 0 Å². The van der Waals surface area contributed by atoms with E-state index in [9.17, 15) is 13.6 Å². The fourth-order valence-corrected chi connectivity index (χ4v) is 3.27. The number of benzene rings is 3. The van der Waals surface area contributed by atoms with Crippen LogP contribution < -0.4 is 10.1 Å². The number of nitrogens with one attached hydrogen (secondary N) is 1. The molecule has 1 atom stereocenters.